The number of fused-ring (bicyclic) bond motifs is 3. The summed E-state index contributed by atoms with van der Waals surface area (Å²) >= 11 is 2.47. The number of carbonyl (C=O) groups is 2. The van der Waals surface area contributed by atoms with E-state index in [0.29, 0.717) is 33.4 Å². The molecule has 3 aliphatic rings. The molecule has 0 amide bonds. The number of aromatic nitrogens is 2. The molecule has 0 spiro atoms. The first kappa shape index (κ1) is 26.4. The average Bonchev–Trinajstić information content (AvgIpc) is 3.12. The number of hydrogen-bond acceptors (Lipinski definition) is 9. The van der Waals surface area contributed by atoms with Gasteiger partial charge in [0.15, 0.2) is 11.6 Å². The van der Waals surface area contributed by atoms with E-state index in [2.05, 4.69) is 9.71 Å². The van der Waals surface area contributed by atoms with Crippen LogP contribution in [0.3, 0.4) is 0 Å². The maximum atomic E-state index is 13.2. The summed E-state index contributed by atoms with van der Waals surface area (Å²) in [4.78, 5) is 42.5. The first-order valence-corrected chi connectivity index (χ1v) is 14.7. The van der Waals surface area contributed by atoms with E-state index in [9.17, 15) is 22.8 Å². The number of aryl methyl sites for hydroxylation is 1. The number of nitrogens with one attached hydrogen (secondary N) is 1. The van der Waals surface area contributed by atoms with Gasteiger partial charge in [0.2, 0.25) is 0 Å². The van der Waals surface area contributed by atoms with Crippen molar-refractivity contribution < 1.29 is 22.7 Å². The van der Waals surface area contributed by atoms with Gasteiger partial charge in [-0.1, -0.05) is 31.5 Å². The van der Waals surface area contributed by atoms with E-state index in [4.69, 9.17) is 4.74 Å². The van der Waals surface area contributed by atoms with Crippen LogP contribution < -0.4 is 10.4 Å². The topological polar surface area (TPSA) is 124 Å². The van der Waals surface area contributed by atoms with Crippen molar-refractivity contribution in [1.29, 1.82) is 0 Å². The van der Waals surface area contributed by atoms with Gasteiger partial charge in [-0.15, -0.1) is 23.1 Å². The molecule has 36 heavy (non-hydrogen) atoms. The molecular formula is C24H27N3O6S3. The van der Waals surface area contributed by atoms with Gasteiger partial charge in [0.25, 0.3) is 10.0 Å². The maximum absolute atomic E-state index is 13.2. The van der Waals surface area contributed by atoms with Crippen molar-refractivity contribution in [3.63, 3.8) is 0 Å². The first-order chi connectivity index (χ1) is 16.9. The van der Waals surface area contributed by atoms with Gasteiger partial charge in [0.05, 0.1) is 32.7 Å². The van der Waals surface area contributed by atoms with Crippen LogP contribution in [0.4, 0.5) is 5.82 Å². The number of ketones is 1. The Kier molecular flexibility index (Phi) is 7.31. The second kappa shape index (κ2) is 9.98. The van der Waals surface area contributed by atoms with Crippen LogP contribution in [0.5, 0.6) is 0 Å². The van der Waals surface area contributed by atoms with E-state index in [1.54, 1.807) is 19.1 Å². The lowest BCUT2D eigenvalue weighted by atomic mass is 9.78. The molecule has 1 aromatic carbocycles. The number of hydrogen-bond donors (Lipinski definition) is 1. The highest BCUT2D eigenvalue weighted by Crippen LogP contribution is 2.46. The molecule has 2 aliphatic heterocycles. The van der Waals surface area contributed by atoms with Crippen LogP contribution in [0, 0.1) is 6.92 Å². The van der Waals surface area contributed by atoms with Gasteiger partial charge in [-0.05, 0) is 32.4 Å². The molecule has 1 aliphatic carbocycles. The number of carbonyl (C=O) groups excluding carboxylic acids is 2. The number of rotatable bonds is 8. The molecule has 0 saturated carbocycles. The van der Waals surface area contributed by atoms with E-state index < -0.39 is 21.1 Å². The Labute approximate surface area is 217 Å². The molecule has 0 unspecified atom stereocenters. The number of imidazole rings is 1. The number of Topliss-reactive ketones (excluding diaryl/α,β-unsaturated/α-hetero) is 1. The van der Waals surface area contributed by atoms with E-state index in [0.717, 1.165) is 5.56 Å². The standard InChI is InChI=1S/C24H27N3O6S3/c1-5-33-17(29)11-13-34-22-18-21(26-36(31,32)15-8-6-14(2)7-9-15)25-23(30)27(18)20-19(35-22)16(28)10-12-24(20,3)4/h6-9H,5,10-13H2,1-4H3,(H,25,26,30). The van der Waals surface area contributed by atoms with E-state index >= 15 is 0 Å². The average molecular weight is 550 g/mol. The third-order valence-electron chi connectivity index (χ3n) is 5.95. The third kappa shape index (κ3) is 5.07. The molecule has 0 atom stereocenters. The van der Waals surface area contributed by atoms with Gasteiger partial charge >= 0.3 is 11.7 Å². The summed E-state index contributed by atoms with van der Waals surface area (Å²) in [5.41, 5.74) is 0.566. The van der Waals surface area contributed by atoms with Gasteiger partial charge in [-0.3, -0.25) is 18.9 Å². The van der Waals surface area contributed by atoms with Gasteiger partial charge in [0, 0.05) is 17.6 Å². The molecule has 0 saturated heterocycles. The predicted molar refractivity (Wildman–Crippen MR) is 139 cm³/mol. The zero-order valence-electron chi connectivity index (χ0n) is 20.4. The van der Waals surface area contributed by atoms with Crippen molar-refractivity contribution in [2.45, 2.75) is 61.5 Å². The van der Waals surface area contributed by atoms with E-state index in [1.807, 2.05) is 20.8 Å². The smallest absolute Gasteiger partial charge is 0.354 e. The minimum Gasteiger partial charge on any atom is -0.466 e. The molecule has 1 aromatic rings. The number of sulfonamides is 1. The summed E-state index contributed by atoms with van der Waals surface area (Å²) in [7, 11) is -4.04. The summed E-state index contributed by atoms with van der Waals surface area (Å²) in [6, 6.07) is 6.33. The van der Waals surface area contributed by atoms with Crippen molar-refractivity contribution in [2.24, 2.45) is 0 Å². The molecule has 2 heterocycles. The highest BCUT2D eigenvalue weighted by atomic mass is 32.2. The Balaban J connectivity index is 1.84. The monoisotopic (exact) mass is 549 g/mol. The molecular weight excluding hydrogens is 522 g/mol. The van der Waals surface area contributed by atoms with Gasteiger partial charge in [0.1, 0.15) is 5.69 Å². The molecule has 0 radical (unpaired) electrons. The van der Waals surface area contributed by atoms with Gasteiger partial charge < -0.3 is 4.74 Å². The number of nitrogens with zero attached hydrogens (tertiary/aromatic N) is 2. The van der Waals surface area contributed by atoms with Crippen LogP contribution in [0.1, 0.15) is 61.0 Å². The fourth-order valence-electron chi connectivity index (χ4n) is 4.08. The van der Waals surface area contributed by atoms with Crippen molar-refractivity contribution in [3.05, 3.63) is 50.9 Å². The van der Waals surface area contributed by atoms with E-state index in [-0.39, 0.29) is 41.2 Å². The largest absolute Gasteiger partial charge is 0.466 e. The fourth-order valence-corrected chi connectivity index (χ4v) is 7.75. The fraction of sp³-hybridized carbons (Fsp3) is 0.417. The third-order valence-corrected chi connectivity index (χ3v) is 9.78. The van der Waals surface area contributed by atoms with Gasteiger partial charge in [-0.25, -0.2) is 13.2 Å². The van der Waals surface area contributed by atoms with Gasteiger partial charge in [-0.2, -0.15) is 4.98 Å². The Morgan fingerprint density at radius 1 is 1.25 bits per heavy atom. The Hall–Kier alpha value is -2.70. The summed E-state index contributed by atoms with van der Waals surface area (Å²) in [5, 5.41) is 0. The van der Waals surface area contributed by atoms with Crippen LogP contribution in [0.15, 0.2) is 38.2 Å². The molecule has 12 heteroatoms. The number of esters is 1. The number of ether oxygens (including phenoxy) is 1. The van der Waals surface area contributed by atoms with Crippen molar-refractivity contribution >= 4 is 50.7 Å². The van der Waals surface area contributed by atoms with Crippen LogP contribution in [0.25, 0.3) is 5.69 Å². The summed E-state index contributed by atoms with van der Waals surface area (Å²) in [6.45, 7) is 7.75. The summed E-state index contributed by atoms with van der Waals surface area (Å²) < 4.78 is 35.6. The Bertz CT molecular complexity index is 1460. The number of benzene rings is 1. The molecule has 0 aromatic heterocycles. The summed E-state index contributed by atoms with van der Waals surface area (Å²) in [6.07, 6.45) is 1.03. The Morgan fingerprint density at radius 2 is 1.94 bits per heavy atom. The lowest BCUT2D eigenvalue weighted by Gasteiger charge is -2.33. The van der Waals surface area contributed by atoms with Crippen LogP contribution in [-0.4, -0.2) is 42.1 Å². The van der Waals surface area contributed by atoms with Crippen LogP contribution in [-0.2, 0) is 25.0 Å². The van der Waals surface area contributed by atoms with Crippen molar-refractivity contribution in [1.82, 2.24) is 9.55 Å². The quantitative estimate of drug-likeness (QED) is 0.328. The lowest BCUT2D eigenvalue weighted by molar-refractivity contribution is -0.142. The minimum atomic E-state index is -4.04. The Morgan fingerprint density at radius 3 is 2.61 bits per heavy atom. The number of thioether (sulfide) groups is 1. The first-order valence-electron chi connectivity index (χ1n) is 11.5. The highest BCUT2D eigenvalue weighted by molar-refractivity contribution is 8.01. The predicted octanol–water partition coefficient (Wildman–Crippen LogP) is 4.14. The lowest BCUT2D eigenvalue weighted by Crippen LogP contribution is -2.34. The highest BCUT2D eigenvalue weighted by Gasteiger charge is 2.40. The minimum absolute atomic E-state index is 0.0374. The molecule has 1 N–H and O–H groups in total. The zero-order valence-corrected chi connectivity index (χ0v) is 22.9. The normalized spacial score (nSPS) is 15.1. The summed E-state index contributed by atoms with van der Waals surface area (Å²) in [5.74, 6) is -0.213. The second-order valence-electron chi connectivity index (χ2n) is 9.12. The molecule has 192 valence electrons. The molecule has 4 rings (SSSR count). The van der Waals surface area contributed by atoms with Crippen molar-refractivity contribution in [3.8, 4) is 5.69 Å². The molecule has 0 bridgehead atoms. The van der Waals surface area contributed by atoms with Crippen LogP contribution >= 0.6 is 23.1 Å². The van der Waals surface area contributed by atoms with Crippen LogP contribution in [0.2, 0.25) is 0 Å². The second-order valence-corrected chi connectivity index (χ2v) is 13.2. The zero-order chi connectivity index (χ0) is 26.3. The maximum Gasteiger partial charge on any atom is 0.354 e. The van der Waals surface area contributed by atoms with E-state index in [1.165, 1.54) is 39.8 Å². The number of anilines is 1. The molecule has 9 nitrogen and oxygen atoms in total. The van der Waals surface area contributed by atoms with Crippen molar-refractivity contribution in [2.75, 3.05) is 17.1 Å². The molecule has 0 fully saturated rings. The SMILES string of the molecule is CCOC(=O)CCSc1sc2c(n3c(=O)nc(NS(=O)(=O)c4ccc(C)cc4)c1-3)C(C)(C)CCC2=O.